The molecule has 0 N–H and O–H groups in total. The number of ether oxygens (including phenoxy) is 2. The minimum atomic E-state index is -0.534. The fourth-order valence-corrected chi connectivity index (χ4v) is 1.66. The molecular formula is C9H16O3. The first kappa shape index (κ1) is 9.36. The highest BCUT2D eigenvalue weighted by Gasteiger charge is 2.40. The van der Waals surface area contributed by atoms with E-state index >= 15 is 0 Å². The van der Waals surface area contributed by atoms with Crippen molar-refractivity contribution in [1.82, 2.24) is 0 Å². The number of rotatable bonds is 1. The van der Waals surface area contributed by atoms with Crippen molar-refractivity contribution in [2.75, 3.05) is 6.61 Å². The number of cyclic esters (lactones) is 2. The van der Waals surface area contributed by atoms with Gasteiger partial charge in [0.25, 0.3) is 0 Å². The van der Waals surface area contributed by atoms with E-state index in [0.717, 1.165) is 0 Å². The Bertz CT molecular complexity index is 184. The van der Waals surface area contributed by atoms with Gasteiger partial charge in [0.1, 0.15) is 12.7 Å². The third-order valence-electron chi connectivity index (χ3n) is 2.16. The zero-order valence-electron chi connectivity index (χ0n) is 8.09. The molecule has 0 aromatic rings. The van der Waals surface area contributed by atoms with E-state index in [1.165, 1.54) is 0 Å². The zero-order chi connectivity index (χ0) is 9.35. The largest absolute Gasteiger partial charge is 0.508 e. The van der Waals surface area contributed by atoms with Gasteiger partial charge in [0.15, 0.2) is 0 Å². The second kappa shape index (κ2) is 2.96. The predicted octanol–water partition coefficient (Wildman–Crippen LogP) is 2.20. The van der Waals surface area contributed by atoms with E-state index in [1.807, 2.05) is 27.7 Å². The summed E-state index contributed by atoms with van der Waals surface area (Å²) in [7, 11) is 0. The van der Waals surface area contributed by atoms with Gasteiger partial charge >= 0.3 is 6.16 Å². The molecular weight excluding hydrogens is 156 g/mol. The minimum Gasteiger partial charge on any atom is -0.434 e. The standard InChI is InChI=1S/C9H16O3/c1-6(2)7-9(3,4)5-11-8(10)12-7/h6-7H,5H2,1-4H3/t7-/m0/s1. The zero-order valence-corrected chi connectivity index (χ0v) is 8.09. The van der Waals surface area contributed by atoms with E-state index in [9.17, 15) is 4.79 Å². The highest BCUT2D eigenvalue weighted by molar-refractivity contribution is 5.61. The highest BCUT2D eigenvalue weighted by Crippen LogP contribution is 2.32. The number of hydrogen-bond donors (Lipinski definition) is 0. The maximum Gasteiger partial charge on any atom is 0.508 e. The molecule has 0 aromatic heterocycles. The summed E-state index contributed by atoms with van der Waals surface area (Å²) in [4.78, 5) is 10.8. The first-order valence-electron chi connectivity index (χ1n) is 4.27. The van der Waals surface area contributed by atoms with E-state index in [1.54, 1.807) is 0 Å². The fraction of sp³-hybridized carbons (Fsp3) is 0.889. The summed E-state index contributed by atoms with van der Waals surface area (Å²) in [5, 5.41) is 0. The van der Waals surface area contributed by atoms with Crippen molar-refractivity contribution in [2.24, 2.45) is 11.3 Å². The van der Waals surface area contributed by atoms with Gasteiger partial charge in [-0.05, 0) is 5.92 Å². The van der Waals surface area contributed by atoms with E-state index in [2.05, 4.69) is 0 Å². The van der Waals surface area contributed by atoms with Crippen LogP contribution in [0.3, 0.4) is 0 Å². The summed E-state index contributed by atoms with van der Waals surface area (Å²) in [6.45, 7) is 8.64. The molecule has 0 spiro atoms. The Morgan fingerprint density at radius 1 is 1.50 bits per heavy atom. The second-order valence-corrected chi connectivity index (χ2v) is 4.31. The Morgan fingerprint density at radius 2 is 2.08 bits per heavy atom. The van der Waals surface area contributed by atoms with Crippen molar-refractivity contribution in [3.63, 3.8) is 0 Å². The highest BCUT2D eigenvalue weighted by atomic mass is 16.7. The molecule has 1 aliphatic heterocycles. The summed E-state index contributed by atoms with van der Waals surface area (Å²) >= 11 is 0. The summed E-state index contributed by atoms with van der Waals surface area (Å²) in [5.74, 6) is 0.341. The maximum atomic E-state index is 10.8. The van der Waals surface area contributed by atoms with Crippen LogP contribution in [0.15, 0.2) is 0 Å². The summed E-state index contributed by atoms with van der Waals surface area (Å²) in [6, 6.07) is 0. The second-order valence-electron chi connectivity index (χ2n) is 4.31. The Hall–Kier alpha value is -0.730. The van der Waals surface area contributed by atoms with Gasteiger partial charge in [-0.3, -0.25) is 0 Å². The number of carbonyl (C=O) groups is 1. The first-order valence-corrected chi connectivity index (χ1v) is 4.27. The average Bonchev–Trinajstić information content (AvgIpc) is 1.94. The molecule has 12 heavy (non-hydrogen) atoms. The van der Waals surface area contributed by atoms with Crippen LogP contribution < -0.4 is 0 Å². The molecule has 0 aliphatic carbocycles. The van der Waals surface area contributed by atoms with Crippen molar-refractivity contribution >= 4 is 6.16 Å². The molecule has 0 saturated carbocycles. The van der Waals surface area contributed by atoms with Crippen LogP contribution in [-0.2, 0) is 9.47 Å². The summed E-state index contributed by atoms with van der Waals surface area (Å²) in [5.41, 5.74) is -0.0674. The SMILES string of the molecule is CC(C)[C@@H]1OC(=O)OCC1(C)C. The predicted molar refractivity (Wildman–Crippen MR) is 44.8 cm³/mol. The van der Waals surface area contributed by atoms with Gasteiger partial charge in [-0.1, -0.05) is 27.7 Å². The van der Waals surface area contributed by atoms with E-state index in [-0.39, 0.29) is 11.5 Å². The van der Waals surface area contributed by atoms with E-state index < -0.39 is 6.16 Å². The Morgan fingerprint density at radius 3 is 2.50 bits per heavy atom. The fourth-order valence-electron chi connectivity index (χ4n) is 1.66. The molecule has 1 atom stereocenters. The van der Waals surface area contributed by atoms with Crippen LogP contribution in [0, 0.1) is 11.3 Å². The molecule has 1 aliphatic rings. The average molecular weight is 172 g/mol. The molecule has 1 heterocycles. The normalized spacial score (nSPS) is 28.1. The maximum absolute atomic E-state index is 10.8. The molecule has 1 saturated heterocycles. The van der Waals surface area contributed by atoms with Crippen molar-refractivity contribution < 1.29 is 14.3 Å². The quantitative estimate of drug-likeness (QED) is 0.569. The van der Waals surface area contributed by atoms with Crippen LogP contribution >= 0.6 is 0 Å². The topological polar surface area (TPSA) is 35.5 Å². The molecule has 0 aromatic carbocycles. The van der Waals surface area contributed by atoms with Crippen LogP contribution in [0.4, 0.5) is 4.79 Å². The third kappa shape index (κ3) is 1.71. The minimum absolute atomic E-state index is 0.0289. The number of carbonyl (C=O) groups excluding carboxylic acids is 1. The van der Waals surface area contributed by atoms with Crippen LogP contribution in [-0.4, -0.2) is 18.9 Å². The molecule has 1 fully saturated rings. The van der Waals surface area contributed by atoms with E-state index in [4.69, 9.17) is 9.47 Å². The molecule has 0 radical (unpaired) electrons. The van der Waals surface area contributed by atoms with Crippen LogP contribution in [0.25, 0.3) is 0 Å². The van der Waals surface area contributed by atoms with Gasteiger partial charge < -0.3 is 9.47 Å². The molecule has 3 nitrogen and oxygen atoms in total. The van der Waals surface area contributed by atoms with Gasteiger partial charge in [0.2, 0.25) is 0 Å². The molecule has 3 heteroatoms. The van der Waals surface area contributed by atoms with Crippen molar-refractivity contribution in [2.45, 2.75) is 33.8 Å². The van der Waals surface area contributed by atoms with Gasteiger partial charge in [-0.15, -0.1) is 0 Å². The molecule has 0 bridgehead atoms. The van der Waals surface area contributed by atoms with Gasteiger partial charge in [-0.25, -0.2) is 4.79 Å². The van der Waals surface area contributed by atoms with Crippen molar-refractivity contribution in [3.05, 3.63) is 0 Å². The van der Waals surface area contributed by atoms with Crippen molar-refractivity contribution in [1.29, 1.82) is 0 Å². The van der Waals surface area contributed by atoms with Gasteiger partial charge in [0.05, 0.1) is 0 Å². The monoisotopic (exact) mass is 172 g/mol. The smallest absolute Gasteiger partial charge is 0.434 e. The molecule has 1 rings (SSSR count). The first-order chi connectivity index (χ1) is 5.43. The lowest BCUT2D eigenvalue weighted by Crippen LogP contribution is -2.46. The van der Waals surface area contributed by atoms with Crippen LogP contribution in [0.1, 0.15) is 27.7 Å². The Balaban J connectivity index is 2.72. The molecule has 0 unspecified atom stereocenters. The van der Waals surface area contributed by atoms with Gasteiger partial charge in [0, 0.05) is 5.41 Å². The summed E-state index contributed by atoms with van der Waals surface area (Å²) < 4.78 is 9.91. The lowest BCUT2D eigenvalue weighted by Gasteiger charge is -2.39. The lowest BCUT2D eigenvalue weighted by atomic mass is 9.81. The molecule has 70 valence electrons. The Labute approximate surface area is 73.0 Å². The van der Waals surface area contributed by atoms with Crippen molar-refractivity contribution in [3.8, 4) is 0 Å². The third-order valence-corrected chi connectivity index (χ3v) is 2.16. The van der Waals surface area contributed by atoms with Gasteiger partial charge in [-0.2, -0.15) is 0 Å². The lowest BCUT2D eigenvalue weighted by molar-refractivity contribution is -0.112. The summed E-state index contributed by atoms with van der Waals surface area (Å²) in [6.07, 6.45) is -0.563. The van der Waals surface area contributed by atoms with Crippen LogP contribution in [0.2, 0.25) is 0 Å². The van der Waals surface area contributed by atoms with E-state index in [0.29, 0.717) is 12.5 Å². The molecule has 0 amide bonds. The number of hydrogen-bond acceptors (Lipinski definition) is 3. The Kier molecular flexibility index (Phi) is 2.31. The van der Waals surface area contributed by atoms with Crippen LogP contribution in [0.5, 0.6) is 0 Å².